The van der Waals surface area contributed by atoms with Crippen LogP contribution in [0.3, 0.4) is 0 Å². The Hall–Kier alpha value is -1.64. The van der Waals surface area contributed by atoms with Crippen molar-refractivity contribution in [1.82, 2.24) is 0 Å². The molecule has 0 radical (unpaired) electrons. The highest BCUT2D eigenvalue weighted by Crippen LogP contribution is 2.39. The van der Waals surface area contributed by atoms with Gasteiger partial charge in [0.05, 0.1) is 19.1 Å². The minimum Gasteiger partial charge on any atom is -0.469 e. The van der Waals surface area contributed by atoms with E-state index in [2.05, 4.69) is 20.8 Å². The second kappa shape index (κ2) is 5.16. The number of hydrogen-bond acceptors (Lipinski definition) is 3. The van der Waals surface area contributed by atoms with Gasteiger partial charge in [-0.1, -0.05) is 51.1 Å². The Morgan fingerprint density at radius 2 is 1.89 bits per heavy atom. The van der Waals surface area contributed by atoms with E-state index in [1.54, 1.807) is 0 Å². The molecule has 19 heavy (non-hydrogen) atoms. The van der Waals surface area contributed by atoms with Crippen LogP contribution in [0.5, 0.6) is 0 Å². The summed E-state index contributed by atoms with van der Waals surface area (Å²) in [6, 6.07) is 9.87. The van der Waals surface area contributed by atoms with Crippen molar-refractivity contribution in [2.75, 3.05) is 7.11 Å². The summed E-state index contributed by atoms with van der Waals surface area (Å²) in [5.41, 5.74) is 2.17. The first kappa shape index (κ1) is 13.8. The molecule has 0 saturated heterocycles. The molecule has 0 aromatic heterocycles. The fourth-order valence-electron chi connectivity index (χ4n) is 2.45. The minimum atomic E-state index is -0.193. The van der Waals surface area contributed by atoms with E-state index in [1.165, 1.54) is 7.11 Å². The number of hydrogen-bond donors (Lipinski definition) is 0. The Kier molecular flexibility index (Phi) is 3.74. The monoisotopic (exact) mass is 259 g/mol. The number of nitrogens with zero attached hydrogens (tertiary/aromatic N) is 1. The SMILES string of the molecule is COC(=O)C1CC(C(C)(C)C)=NC1c1ccccc1. The Labute approximate surface area is 114 Å². The van der Waals surface area contributed by atoms with Gasteiger partial charge in [0.2, 0.25) is 0 Å². The van der Waals surface area contributed by atoms with Crippen molar-refractivity contribution < 1.29 is 9.53 Å². The van der Waals surface area contributed by atoms with Crippen molar-refractivity contribution in [3.8, 4) is 0 Å². The molecule has 0 aliphatic carbocycles. The van der Waals surface area contributed by atoms with Crippen LogP contribution in [0.4, 0.5) is 0 Å². The number of ether oxygens (including phenoxy) is 1. The average molecular weight is 259 g/mol. The van der Waals surface area contributed by atoms with Crippen molar-refractivity contribution in [3.63, 3.8) is 0 Å². The lowest BCUT2D eigenvalue weighted by molar-refractivity contribution is -0.145. The zero-order valence-electron chi connectivity index (χ0n) is 12.0. The van der Waals surface area contributed by atoms with Crippen LogP contribution in [0.15, 0.2) is 35.3 Å². The lowest BCUT2D eigenvalue weighted by Crippen LogP contribution is -2.23. The summed E-state index contributed by atoms with van der Waals surface area (Å²) in [6.45, 7) is 6.40. The van der Waals surface area contributed by atoms with E-state index in [0.717, 1.165) is 11.3 Å². The standard InChI is InChI=1S/C16H21NO2/c1-16(2,3)13-10-12(15(18)19-4)14(17-13)11-8-6-5-7-9-11/h5-9,12,14H,10H2,1-4H3. The molecule has 0 spiro atoms. The van der Waals surface area contributed by atoms with E-state index < -0.39 is 0 Å². The highest BCUT2D eigenvalue weighted by Gasteiger charge is 2.39. The first-order valence-corrected chi connectivity index (χ1v) is 6.63. The zero-order chi connectivity index (χ0) is 14.0. The van der Waals surface area contributed by atoms with Gasteiger partial charge in [-0.25, -0.2) is 0 Å². The van der Waals surface area contributed by atoms with Crippen LogP contribution in [0.25, 0.3) is 0 Å². The Bertz CT molecular complexity index is 485. The molecule has 0 N–H and O–H groups in total. The Balaban J connectivity index is 2.35. The molecule has 2 atom stereocenters. The molecule has 3 nitrogen and oxygen atoms in total. The fourth-order valence-corrected chi connectivity index (χ4v) is 2.45. The molecule has 2 unspecified atom stereocenters. The summed E-state index contributed by atoms with van der Waals surface area (Å²) in [5.74, 6) is -0.363. The lowest BCUT2D eigenvalue weighted by atomic mass is 9.84. The highest BCUT2D eigenvalue weighted by molar-refractivity contribution is 5.95. The van der Waals surface area contributed by atoms with Gasteiger partial charge in [-0.2, -0.15) is 0 Å². The van der Waals surface area contributed by atoms with Crippen molar-refractivity contribution in [3.05, 3.63) is 35.9 Å². The van der Waals surface area contributed by atoms with E-state index in [0.29, 0.717) is 6.42 Å². The van der Waals surface area contributed by atoms with Gasteiger partial charge in [-0.3, -0.25) is 9.79 Å². The summed E-state index contributed by atoms with van der Waals surface area (Å²) in [4.78, 5) is 16.8. The quantitative estimate of drug-likeness (QED) is 0.763. The van der Waals surface area contributed by atoms with Crippen molar-refractivity contribution >= 4 is 11.7 Å². The van der Waals surface area contributed by atoms with Crippen molar-refractivity contribution in [2.45, 2.75) is 33.2 Å². The minimum absolute atomic E-state index is 0.00416. The Morgan fingerprint density at radius 1 is 1.26 bits per heavy atom. The molecule has 1 aromatic carbocycles. The maximum Gasteiger partial charge on any atom is 0.311 e. The molecule has 3 heteroatoms. The Morgan fingerprint density at radius 3 is 2.42 bits per heavy atom. The molecule has 1 aliphatic rings. The van der Waals surface area contributed by atoms with E-state index in [1.807, 2.05) is 30.3 Å². The van der Waals surface area contributed by atoms with Gasteiger partial charge in [0, 0.05) is 12.1 Å². The van der Waals surface area contributed by atoms with Crippen LogP contribution >= 0.6 is 0 Å². The normalized spacial score (nSPS) is 23.1. The molecule has 2 rings (SSSR count). The number of methoxy groups -OCH3 is 1. The number of rotatable bonds is 2. The summed E-state index contributed by atoms with van der Waals surface area (Å²) in [7, 11) is 1.44. The molecule has 0 bridgehead atoms. The molecule has 1 aliphatic heterocycles. The second-order valence-corrected chi connectivity index (χ2v) is 6.02. The van der Waals surface area contributed by atoms with Crippen LogP contribution in [0.1, 0.15) is 38.8 Å². The number of benzene rings is 1. The van der Waals surface area contributed by atoms with E-state index in [9.17, 15) is 4.79 Å². The van der Waals surface area contributed by atoms with E-state index in [4.69, 9.17) is 9.73 Å². The van der Waals surface area contributed by atoms with Gasteiger partial charge in [0.25, 0.3) is 0 Å². The summed E-state index contributed by atoms with van der Waals surface area (Å²) < 4.78 is 4.93. The van der Waals surface area contributed by atoms with Crippen molar-refractivity contribution in [2.24, 2.45) is 16.3 Å². The predicted octanol–water partition coefficient (Wildman–Crippen LogP) is 3.41. The molecular weight excluding hydrogens is 238 g/mol. The smallest absolute Gasteiger partial charge is 0.311 e. The molecular formula is C16H21NO2. The topological polar surface area (TPSA) is 38.7 Å². The highest BCUT2D eigenvalue weighted by atomic mass is 16.5. The third-order valence-electron chi connectivity index (χ3n) is 3.60. The maximum absolute atomic E-state index is 12.0. The molecule has 0 amide bonds. The first-order valence-electron chi connectivity index (χ1n) is 6.63. The van der Waals surface area contributed by atoms with E-state index in [-0.39, 0.29) is 23.3 Å². The third kappa shape index (κ3) is 2.86. The van der Waals surface area contributed by atoms with Gasteiger partial charge < -0.3 is 4.74 Å². The second-order valence-electron chi connectivity index (χ2n) is 6.02. The van der Waals surface area contributed by atoms with Crippen molar-refractivity contribution in [1.29, 1.82) is 0 Å². The molecule has 0 saturated carbocycles. The van der Waals surface area contributed by atoms with Gasteiger partial charge >= 0.3 is 5.97 Å². The molecule has 1 heterocycles. The molecule has 1 aromatic rings. The predicted molar refractivity (Wildman–Crippen MR) is 76.2 cm³/mol. The molecule has 102 valence electrons. The zero-order valence-corrected chi connectivity index (χ0v) is 12.0. The summed E-state index contributed by atoms with van der Waals surface area (Å²) in [6.07, 6.45) is 0.690. The maximum atomic E-state index is 12.0. The number of esters is 1. The summed E-state index contributed by atoms with van der Waals surface area (Å²) >= 11 is 0. The fraction of sp³-hybridized carbons (Fsp3) is 0.500. The van der Waals surface area contributed by atoms with Gasteiger partial charge in [0.15, 0.2) is 0 Å². The van der Waals surface area contributed by atoms with E-state index >= 15 is 0 Å². The van der Waals surface area contributed by atoms with Gasteiger partial charge in [-0.05, 0) is 11.0 Å². The number of carbonyl (C=O) groups is 1. The summed E-state index contributed by atoms with van der Waals surface area (Å²) in [5, 5.41) is 0. The van der Waals surface area contributed by atoms with Gasteiger partial charge in [-0.15, -0.1) is 0 Å². The largest absolute Gasteiger partial charge is 0.469 e. The van der Waals surface area contributed by atoms with Crippen LogP contribution in [0, 0.1) is 11.3 Å². The first-order chi connectivity index (χ1) is 8.93. The van der Waals surface area contributed by atoms with Crippen LogP contribution in [0.2, 0.25) is 0 Å². The number of aliphatic imine (C=N–C) groups is 1. The number of carbonyl (C=O) groups excluding carboxylic acids is 1. The lowest BCUT2D eigenvalue weighted by Gasteiger charge is -2.18. The average Bonchev–Trinajstić information content (AvgIpc) is 2.83. The van der Waals surface area contributed by atoms with Crippen LogP contribution < -0.4 is 0 Å². The third-order valence-corrected chi connectivity index (χ3v) is 3.60. The molecule has 0 fully saturated rings. The van der Waals surface area contributed by atoms with Crippen LogP contribution in [-0.2, 0) is 9.53 Å². The van der Waals surface area contributed by atoms with Gasteiger partial charge in [0.1, 0.15) is 0 Å². The van der Waals surface area contributed by atoms with Crippen LogP contribution in [-0.4, -0.2) is 18.8 Å².